The number of nitrogens with one attached hydrogen (secondary N) is 1. The summed E-state index contributed by atoms with van der Waals surface area (Å²) in [4.78, 5) is 34.4. The molecule has 0 radical (unpaired) electrons. The Bertz CT molecular complexity index is 1430. The van der Waals surface area contributed by atoms with E-state index in [9.17, 15) is 27.9 Å². The van der Waals surface area contributed by atoms with E-state index in [0.717, 1.165) is 15.3 Å². The Morgan fingerprint density at radius 2 is 1.61 bits per heavy atom. The van der Waals surface area contributed by atoms with Crippen molar-refractivity contribution in [3.05, 3.63) is 75.6 Å². The lowest BCUT2D eigenvalue weighted by Gasteiger charge is -2.15. The molecule has 9 nitrogen and oxygen atoms in total. The van der Waals surface area contributed by atoms with E-state index in [2.05, 4.69) is 9.97 Å². The van der Waals surface area contributed by atoms with Crippen molar-refractivity contribution in [2.75, 3.05) is 19.0 Å². The lowest BCUT2D eigenvalue weighted by molar-refractivity contribution is -0.115. The SMILES string of the molecule is COc1ccc(-n2c(=O)c3cnc(NCC(F)(F)F)nc3n(-c3ccc(O)cc3)c2=O)cc1. The number of fused-ring (bicyclic) bond motifs is 1. The second-order valence-electron chi connectivity index (χ2n) is 6.87. The molecular formula is C21H16F3N5O4. The highest BCUT2D eigenvalue weighted by Gasteiger charge is 2.27. The van der Waals surface area contributed by atoms with Crippen molar-refractivity contribution in [1.29, 1.82) is 0 Å². The minimum absolute atomic E-state index is 0.0678. The van der Waals surface area contributed by atoms with Crippen molar-refractivity contribution < 1.29 is 23.0 Å². The highest BCUT2D eigenvalue weighted by atomic mass is 19.4. The van der Waals surface area contributed by atoms with Gasteiger partial charge in [0.15, 0.2) is 5.65 Å². The maximum absolute atomic E-state index is 13.4. The molecule has 0 aliphatic carbocycles. The molecule has 0 aliphatic rings. The summed E-state index contributed by atoms with van der Waals surface area (Å²) in [5, 5.41) is 11.5. The number of ether oxygens (including phenoxy) is 1. The highest BCUT2D eigenvalue weighted by Crippen LogP contribution is 2.19. The lowest BCUT2D eigenvalue weighted by atomic mass is 10.2. The number of hydrogen-bond acceptors (Lipinski definition) is 7. The van der Waals surface area contributed by atoms with Gasteiger partial charge in [-0.2, -0.15) is 18.2 Å². The molecule has 0 spiro atoms. The lowest BCUT2D eigenvalue weighted by Crippen LogP contribution is -2.39. The third kappa shape index (κ3) is 4.35. The summed E-state index contributed by atoms with van der Waals surface area (Å²) in [6.45, 7) is -1.40. The Hall–Kier alpha value is -4.35. The van der Waals surface area contributed by atoms with E-state index in [1.54, 1.807) is 12.1 Å². The normalized spacial score (nSPS) is 11.5. The van der Waals surface area contributed by atoms with Crippen LogP contribution >= 0.6 is 0 Å². The molecule has 12 heteroatoms. The van der Waals surface area contributed by atoms with Crippen LogP contribution in [-0.2, 0) is 0 Å². The van der Waals surface area contributed by atoms with Crippen molar-refractivity contribution in [2.24, 2.45) is 0 Å². The van der Waals surface area contributed by atoms with Gasteiger partial charge in [-0.1, -0.05) is 0 Å². The summed E-state index contributed by atoms with van der Waals surface area (Å²) in [6, 6.07) is 11.6. The van der Waals surface area contributed by atoms with Crippen LogP contribution in [0.1, 0.15) is 0 Å². The fourth-order valence-corrected chi connectivity index (χ4v) is 3.15. The van der Waals surface area contributed by atoms with Crippen molar-refractivity contribution in [1.82, 2.24) is 19.1 Å². The van der Waals surface area contributed by atoms with Crippen molar-refractivity contribution in [3.63, 3.8) is 0 Å². The molecule has 0 fully saturated rings. The number of methoxy groups -OCH3 is 1. The Labute approximate surface area is 183 Å². The average molecular weight is 459 g/mol. The first kappa shape index (κ1) is 21.9. The molecule has 2 aromatic carbocycles. The third-order valence-electron chi connectivity index (χ3n) is 4.68. The number of nitrogens with zero attached hydrogens (tertiary/aromatic N) is 4. The van der Waals surface area contributed by atoms with Gasteiger partial charge >= 0.3 is 11.9 Å². The number of phenolic OH excluding ortho intramolecular Hbond substituents is 1. The number of aromatic hydroxyl groups is 1. The van der Waals surface area contributed by atoms with E-state index in [-0.39, 0.29) is 28.2 Å². The molecule has 0 amide bonds. The standard InChI is InChI=1S/C21H16F3N5O4/c1-33-15-8-4-13(5-9-15)29-18(31)16-10-25-19(26-11-21(22,23)24)27-17(16)28(20(29)32)12-2-6-14(30)7-3-12/h2-10,30H,11H2,1H3,(H,25,26,27). The van der Waals surface area contributed by atoms with Gasteiger partial charge in [-0.25, -0.2) is 18.9 Å². The van der Waals surface area contributed by atoms with Crippen molar-refractivity contribution in [2.45, 2.75) is 6.18 Å². The zero-order chi connectivity index (χ0) is 23.8. The van der Waals surface area contributed by atoms with E-state index in [1.807, 2.05) is 5.32 Å². The zero-order valence-corrected chi connectivity index (χ0v) is 17.0. The summed E-state index contributed by atoms with van der Waals surface area (Å²) < 4.78 is 44.8. The number of alkyl halides is 3. The number of aromatic nitrogens is 4. The molecule has 0 bridgehead atoms. The van der Waals surface area contributed by atoms with Gasteiger partial charge in [0.1, 0.15) is 23.4 Å². The number of phenols is 1. The summed E-state index contributed by atoms with van der Waals surface area (Å²) in [6.07, 6.45) is -3.47. The molecule has 4 rings (SSSR count). The highest BCUT2D eigenvalue weighted by molar-refractivity contribution is 5.76. The maximum Gasteiger partial charge on any atom is 0.405 e. The predicted octanol–water partition coefficient (Wildman–Crippen LogP) is 2.62. The molecule has 0 atom stereocenters. The van der Waals surface area contributed by atoms with E-state index in [0.29, 0.717) is 5.75 Å². The molecule has 0 unspecified atom stereocenters. The molecule has 2 heterocycles. The quantitative estimate of drug-likeness (QED) is 0.472. The number of halogens is 3. The first-order chi connectivity index (χ1) is 15.7. The van der Waals surface area contributed by atoms with Gasteiger partial charge in [0.2, 0.25) is 5.95 Å². The Morgan fingerprint density at radius 3 is 2.21 bits per heavy atom. The van der Waals surface area contributed by atoms with Gasteiger partial charge in [0.25, 0.3) is 5.56 Å². The smallest absolute Gasteiger partial charge is 0.405 e. The van der Waals surface area contributed by atoms with Gasteiger partial charge in [0, 0.05) is 6.20 Å². The molecule has 2 N–H and O–H groups in total. The van der Waals surface area contributed by atoms with Crippen LogP contribution < -0.4 is 21.3 Å². The van der Waals surface area contributed by atoms with Crippen LogP contribution in [0.5, 0.6) is 11.5 Å². The van der Waals surface area contributed by atoms with Crippen molar-refractivity contribution in [3.8, 4) is 22.9 Å². The van der Waals surface area contributed by atoms with Crippen LogP contribution in [0.3, 0.4) is 0 Å². The monoisotopic (exact) mass is 459 g/mol. The second kappa shape index (κ2) is 8.30. The van der Waals surface area contributed by atoms with E-state index in [1.165, 1.54) is 43.5 Å². The van der Waals surface area contributed by atoms with Gasteiger partial charge in [-0.05, 0) is 48.5 Å². The maximum atomic E-state index is 13.4. The molecule has 4 aromatic rings. The average Bonchev–Trinajstić information content (AvgIpc) is 2.79. The van der Waals surface area contributed by atoms with Crippen LogP contribution in [-0.4, -0.2) is 44.0 Å². The number of rotatable bonds is 5. The minimum Gasteiger partial charge on any atom is -0.508 e. The Balaban J connectivity index is 2.00. The first-order valence-corrected chi connectivity index (χ1v) is 9.47. The summed E-state index contributed by atoms with van der Waals surface area (Å²) in [5.41, 5.74) is -1.30. The molecule has 0 aliphatic heterocycles. The first-order valence-electron chi connectivity index (χ1n) is 9.47. The van der Waals surface area contributed by atoms with Crippen LogP contribution in [0.4, 0.5) is 19.1 Å². The molecule has 0 saturated carbocycles. The van der Waals surface area contributed by atoms with Crippen LogP contribution in [0.2, 0.25) is 0 Å². The van der Waals surface area contributed by atoms with E-state index in [4.69, 9.17) is 4.74 Å². The largest absolute Gasteiger partial charge is 0.508 e. The predicted molar refractivity (Wildman–Crippen MR) is 113 cm³/mol. The second-order valence-corrected chi connectivity index (χ2v) is 6.87. The molecule has 33 heavy (non-hydrogen) atoms. The topological polar surface area (TPSA) is 111 Å². The van der Waals surface area contributed by atoms with Gasteiger partial charge < -0.3 is 15.2 Å². The summed E-state index contributed by atoms with van der Waals surface area (Å²) in [7, 11) is 1.47. The van der Waals surface area contributed by atoms with Crippen molar-refractivity contribution >= 4 is 17.0 Å². The molecule has 170 valence electrons. The van der Waals surface area contributed by atoms with Gasteiger partial charge in [-0.3, -0.25) is 4.79 Å². The third-order valence-corrected chi connectivity index (χ3v) is 4.68. The Kier molecular flexibility index (Phi) is 5.50. The molecule has 2 aromatic heterocycles. The fourth-order valence-electron chi connectivity index (χ4n) is 3.15. The number of benzene rings is 2. The van der Waals surface area contributed by atoms with E-state index < -0.39 is 29.9 Å². The summed E-state index contributed by atoms with van der Waals surface area (Å²) >= 11 is 0. The van der Waals surface area contributed by atoms with Gasteiger partial charge in [0.05, 0.1) is 18.5 Å². The Morgan fingerprint density at radius 1 is 1.00 bits per heavy atom. The van der Waals surface area contributed by atoms with Crippen LogP contribution in [0.15, 0.2) is 64.3 Å². The minimum atomic E-state index is -4.52. The molecular weight excluding hydrogens is 443 g/mol. The van der Waals surface area contributed by atoms with Crippen LogP contribution in [0.25, 0.3) is 22.4 Å². The van der Waals surface area contributed by atoms with Crippen LogP contribution in [0, 0.1) is 0 Å². The van der Waals surface area contributed by atoms with Gasteiger partial charge in [-0.15, -0.1) is 0 Å². The summed E-state index contributed by atoms with van der Waals surface area (Å²) in [5.74, 6) is 0.0326. The van der Waals surface area contributed by atoms with E-state index >= 15 is 0 Å². The number of hydrogen-bond donors (Lipinski definition) is 2. The zero-order valence-electron chi connectivity index (χ0n) is 17.0. The fraction of sp³-hybridized carbons (Fsp3) is 0.143. The molecule has 0 saturated heterocycles. The number of anilines is 1.